The number of nitrogens with one attached hydrogen (secondary N) is 1. The minimum absolute atomic E-state index is 0.0322. The molecular weight excluding hydrogens is 503 g/mol. The van der Waals surface area contributed by atoms with Crippen molar-refractivity contribution in [1.29, 1.82) is 0 Å². The van der Waals surface area contributed by atoms with Gasteiger partial charge in [-0.2, -0.15) is 13.9 Å². The van der Waals surface area contributed by atoms with E-state index >= 15 is 8.78 Å². The highest BCUT2D eigenvalue weighted by Gasteiger charge is 2.44. The summed E-state index contributed by atoms with van der Waals surface area (Å²) in [6, 6.07) is 0.438. The SMILES string of the molecule is CC(=O)CC[C@@H]1CCC(F)(F)c2c3c(nn2C1)C[C@@H](C)N(C(=O)Nc1ccnc(Br)c1F)C3. The molecule has 2 aliphatic rings. The fourth-order valence-electron chi connectivity index (χ4n) is 4.59. The third-order valence-electron chi connectivity index (χ3n) is 6.38. The van der Waals surface area contributed by atoms with Crippen molar-refractivity contribution in [3.8, 4) is 0 Å². The van der Waals surface area contributed by atoms with E-state index < -0.39 is 17.8 Å². The van der Waals surface area contributed by atoms with Crippen LogP contribution in [0.25, 0.3) is 0 Å². The van der Waals surface area contributed by atoms with Crippen molar-refractivity contribution in [2.24, 2.45) is 5.92 Å². The Kier molecular flexibility index (Phi) is 6.52. The van der Waals surface area contributed by atoms with Crippen molar-refractivity contribution in [3.63, 3.8) is 0 Å². The lowest BCUT2D eigenvalue weighted by molar-refractivity contribution is -0.117. The Bertz CT molecular complexity index is 1090. The van der Waals surface area contributed by atoms with Gasteiger partial charge in [0, 0.05) is 43.6 Å². The first-order chi connectivity index (χ1) is 15.6. The molecule has 2 amide bonds. The van der Waals surface area contributed by atoms with Gasteiger partial charge in [0.15, 0.2) is 5.82 Å². The molecule has 178 valence electrons. The van der Waals surface area contributed by atoms with Gasteiger partial charge in [0.05, 0.1) is 17.9 Å². The lowest BCUT2D eigenvalue weighted by Gasteiger charge is -2.33. The van der Waals surface area contributed by atoms with E-state index in [0.29, 0.717) is 43.5 Å². The van der Waals surface area contributed by atoms with E-state index in [1.54, 1.807) is 6.92 Å². The standard InChI is InChI=1S/C22H25BrF3N5O2/c1-12-9-17-15(11-30(12)21(33)28-16-6-8-27-20(23)18(16)24)19-22(25,26)7-5-14(4-3-13(2)32)10-31(19)29-17/h6,8,12,14H,3-5,7,9-11H2,1-2H3,(H,27,28,33)/t12-,14-/m1/s1. The van der Waals surface area contributed by atoms with Crippen molar-refractivity contribution >= 4 is 33.4 Å². The maximum absolute atomic E-state index is 15.2. The summed E-state index contributed by atoms with van der Waals surface area (Å²) in [5.41, 5.74) is 0.723. The van der Waals surface area contributed by atoms with Crippen LogP contribution in [0.2, 0.25) is 0 Å². The number of alkyl halides is 2. The molecule has 2 aliphatic heterocycles. The average molecular weight is 528 g/mol. The molecule has 0 saturated carbocycles. The first-order valence-electron chi connectivity index (χ1n) is 10.9. The van der Waals surface area contributed by atoms with E-state index in [1.165, 1.54) is 28.8 Å². The molecular formula is C22H25BrF3N5O2. The highest BCUT2D eigenvalue weighted by atomic mass is 79.9. The molecule has 33 heavy (non-hydrogen) atoms. The number of anilines is 1. The number of urea groups is 1. The molecule has 11 heteroatoms. The van der Waals surface area contributed by atoms with E-state index in [0.717, 1.165) is 0 Å². The van der Waals surface area contributed by atoms with Crippen LogP contribution in [0.5, 0.6) is 0 Å². The van der Waals surface area contributed by atoms with Crippen LogP contribution in [0.4, 0.5) is 23.7 Å². The lowest BCUT2D eigenvalue weighted by atomic mass is 9.94. The Labute approximate surface area is 197 Å². The van der Waals surface area contributed by atoms with Gasteiger partial charge >= 0.3 is 6.03 Å². The molecule has 4 rings (SSSR count). The van der Waals surface area contributed by atoms with Gasteiger partial charge < -0.3 is 15.0 Å². The number of amides is 2. The number of fused-ring (bicyclic) bond motifs is 3. The van der Waals surface area contributed by atoms with E-state index in [9.17, 15) is 14.0 Å². The molecule has 0 spiro atoms. The Balaban J connectivity index is 1.60. The van der Waals surface area contributed by atoms with Crippen molar-refractivity contribution in [1.82, 2.24) is 19.7 Å². The summed E-state index contributed by atoms with van der Waals surface area (Å²) in [5, 5.41) is 7.01. The second kappa shape index (κ2) is 9.08. The van der Waals surface area contributed by atoms with Crippen molar-refractivity contribution < 1.29 is 22.8 Å². The molecule has 0 aromatic carbocycles. The molecule has 0 aliphatic carbocycles. The Morgan fingerprint density at radius 3 is 2.85 bits per heavy atom. The first-order valence-corrected chi connectivity index (χ1v) is 11.7. The predicted octanol–water partition coefficient (Wildman–Crippen LogP) is 5.03. The average Bonchev–Trinajstić information content (AvgIpc) is 3.03. The van der Waals surface area contributed by atoms with Crippen LogP contribution in [-0.4, -0.2) is 37.5 Å². The number of hydrogen-bond donors (Lipinski definition) is 1. The maximum atomic E-state index is 15.2. The minimum Gasteiger partial charge on any atom is -0.317 e. The van der Waals surface area contributed by atoms with Crippen molar-refractivity contribution in [2.45, 2.75) is 71.0 Å². The third kappa shape index (κ3) is 4.78. The fourth-order valence-corrected chi connectivity index (χ4v) is 4.92. The van der Waals surface area contributed by atoms with Gasteiger partial charge in [-0.1, -0.05) is 0 Å². The van der Waals surface area contributed by atoms with Crippen LogP contribution in [0.15, 0.2) is 16.9 Å². The van der Waals surface area contributed by atoms with Gasteiger partial charge in [0.1, 0.15) is 16.1 Å². The maximum Gasteiger partial charge on any atom is 0.322 e. The summed E-state index contributed by atoms with van der Waals surface area (Å²) >= 11 is 2.98. The monoisotopic (exact) mass is 527 g/mol. The van der Waals surface area contributed by atoms with E-state index in [4.69, 9.17) is 0 Å². The van der Waals surface area contributed by atoms with Gasteiger partial charge in [-0.25, -0.2) is 14.2 Å². The second-order valence-corrected chi connectivity index (χ2v) is 9.63. The van der Waals surface area contributed by atoms with E-state index in [2.05, 4.69) is 31.3 Å². The van der Waals surface area contributed by atoms with Crippen LogP contribution in [0, 0.1) is 11.7 Å². The fraction of sp³-hybridized carbons (Fsp3) is 0.545. The van der Waals surface area contributed by atoms with Crippen LogP contribution in [0.3, 0.4) is 0 Å². The van der Waals surface area contributed by atoms with Crippen LogP contribution in [0.1, 0.15) is 56.5 Å². The van der Waals surface area contributed by atoms with Gasteiger partial charge in [-0.05, 0) is 54.6 Å². The topological polar surface area (TPSA) is 80.1 Å². The number of aromatic nitrogens is 3. The summed E-state index contributed by atoms with van der Waals surface area (Å²) in [5.74, 6) is -3.82. The number of rotatable bonds is 4. The highest BCUT2D eigenvalue weighted by Crippen LogP contribution is 2.43. The summed E-state index contributed by atoms with van der Waals surface area (Å²) in [6.45, 7) is 3.59. The van der Waals surface area contributed by atoms with Crippen LogP contribution >= 0.6 is 15.9 Å². The largest absolute Gasteiger partial charge is 0.322 e. The quantitative estimate of drug-likeness (QED) is 0.565. The smallest absolute Gasteiger partial charge is 0.317 e. The van der Waals surface area contributed by atoms with Crippen LogP contribution < -0.4 is 5.32 Å². The Morgan fingerprint density at radius 2 is 2.12 bits per heavy atom. The zero-order valence-electron chi connectivity index (χ0n) is 18.4. The zero-order valence-corrected chi connectivity index (χ0v) is 20.0. The summed E-state index contributed by atoms with van der Waals surface area (Å²) in [7, 11) is 0. The van der Waals surface area contributed by atoms with Gasteiger partial charge in [-0.15, -0.1) is 0 Å². The number of pyridine rings is 1. The van der Waals surface area contributed by atoms with Crippen molar-refractivity contribution in [2.75, 3.05) is 5.32 Å². The second-order valence-electron chi connectivity index (χ2n) is 8.88. The molecule has 0 unspecified atom stereocenters. The molecule has 0 radical (unpaired) electrons. The zero-order chi connectivity index (χ0) is 23.9. The minimum atomic E-state index is -3.09. The molecule has 4 heterocycles. The van der Waals surface area contributed by atoms with Gasteiger partial charge in [-0.3, -0.25) is 4.68 Å². The molecule has 2 aromatic heterocycles. The molecule has 1 N–H and O–H groups in total. The molecule has 7 nitrogen and oxygen atoms in total. The first kappa shape index (κ1) is 23.7. The number of Topliss-reactive ketones (excluding diaryl/α,β-unsaturated/α-hetero) is 1. The third-order valence-corrected chi connectivity index (χ3v) is 6.93. The molecule has 2 atom stereocenters. The number of carbonyl (C=O) groups is 2. The van der Waals surface area contributed by atoms with Gasteiger partial charge in [0.25, 0.3) is 5.92 Å². The number of nitrogens with zero attached hydrogens (tertiary/aromatic N) is 4. The molecule has 0 saturated heterocycles. The molecule has 0 bridgehead atoms. The van der Waals surface area contributed by atoms with E-state index in [-0.39, 0.29) is 46.7 Å². The number of carbonyl (C=O) groups excluding carboxylic acids is 2. The number of halogens is 4. The lowest BCUT2D eigenvalue weighted by Crippen LogP contribution is -2.45. The molecule has 0 fully saturated rings. The van der Waals surface area contributed by atoms with Crippen molar-refractivity contribution in [3.05, 3.63) is 39.6 Å². The summed E-state index contributed by atoms with van der Waals surface area (Å²) < 4.78 is 46.0. The number of hydrogen-bond acceptors (Lipinski definition) is 4. The summed E-state index contributed by atoms with van der Waals surface area (Å²) in [6.07, 6.45) is 2.55. The normalized spacial score (nSPS) is 21.7. The summed E-state index contributed by atoms with van der Waals surface area (Å²) in [4.78, 5) is 29.5. The highest BCUT2D eigenvalue weighted by molar-refractivity contribution is 9.10. The molecule has 2 aromatic rings. The Morgan fingerprint density at radius 1 is 1.36 bits per heavy atom. The number of ketones is 1. The van der Waals surface area contributed by atoms with E-state index in [1.807, 2.05) is 0 Å². The Hall–Kier alpha value is -2.43. The van der Waals surface area contributed by atoms with Crippen LogP contribution in [-0.2, 0) is 30.2 Å². The van der Waals surface area contributed by atoms with Gasteiger partial charge in [0.2, 0.25) is 0 Å². The predicted molar refractivity (Wildman–Crippen MR) is 118 cm³/mol.